The first-order valence-electron chi connectivity index (χ1n) is 9.94. The number of aryl methyl sites for hydroxylation is 1. The number of piperazine rings is 1. The van der Waals surface area contributed by atoms with Gasteiger partial charge in [0.05, 0.1) is 5.92 Å². The molecule has 1 unspecified atom stereocenters. The van der Waals surface area contributed by atoms with Crippen molar-refractivity contribution in [3.8, 4) is 0 Å². The van der Waals surface area contributed by atoms with Crippen molar-refractivity contribution in [2.45, 2.75) is 19.8 Å². The van der Waals surface area contributed by atoms with Gasteiger partial charge in [-0.25, -0.2) is 9.97 Å². The van der Waals surface area contributed by atoms with E-state index in [1.807, 2.05) is 42.2 Å². The third-order valence-corrected chi connectivity index (χ3v) is 5.87. The molecule has 1 atom stereocenters. The molecule has 2 saturated heterocycles. The van der Waals surface area contributed by atoms with Gasteiger partial charge in [0.2, 0.25) is 11.9 Å². The second-order valence-electron chi connectivity index (χ2n) is 7.57. The maximum absolute atomic E-state index is 13.1. The molecule has 6 nitrogen and oxygen atoms in total. The molecular weight excluding hydrogens is 374 g/mol. The molecule has 7 heteroatoms. The smallest absolute Gasteiger partial charge is 0.227 e. The van der Waals surface area contributed by atoms with Crippen LogP contribution in [0.4, 0.5) is 11.6 Å². The van der Waals surface area contributed by atoms with Crippen LogP contribution in [0.25, 0.3) is 0 Å². The summed E-state index contributed by atoms with van der Waals surface area (Å²) in [4.78, 5) is 28.5. The molecule has 2 aliphatic heterocycles. The number of hydrogen-bond acceptors (Lipinski definition) is 5. The van der Waals surface area contributed by atoms with E-state index in [9.17, 15) is 4.79 Å². The number of rotatable bonds is 3. The third-order valence-electron chi connectivity index (χ3n) is 5.62. The molecule has 0 spiro atoms. The zero-order valence-corrected chi connectivity index (χ0v) is 17.0. The summed E-state index contributed by atoms with van der Waals surface area (Å²) in [5, 5.41) is 0.747. The minimum Gasteiger partial charge on any atom is -0.368 e. The van der Waals surface area contributed by atoms with Crippen LogP contribution in [0.3, 0.4) is 0 Å². The molecule has 0 bridgehead atoms. The molecule has 1 aromatic heterocycles. The molecule has 2 aliphatic rings. The lowest BCUT2D eigenvalue weighted by Gasteiger charge is -2.39. The molecule has 3 heterocycles. The Balaban J connectivity index is 1.35. The lowest BCUT2D eigenvalue weighted by molar-refractivity contribution is -0.136. The van der Waals surface area contributed by atoms with E-state index in [1.165, 1.54) is 0 Å². The van der Waals surface area contributed by atoms with Crippen molar-refractivity contribution < 1.29 is 4.79 Å². The summed E-state index contributed by atoms with van der Waals surface area (Å²) in [6, 6.07) is 9.81. The van der Waals surface area contributed by atoms with Gasteiger partial charge in [-0.15, -0.1) is 0 Å². The van der Waals surface area contributed by atoms with Gasteiger partial charge in [0.15, 0.2) is 0 Å². The summed E-state index contributed by atoms with van der Waals surface area (Å²) < 4.78 is 0. The lowest BCUT2D eigenvalue weighted by atomic mass is 9.96. The zero-order chi connectivity index (χ0) is 19.5. The number of amides is 1. The predicted octanol–water partition coefficient (Wildman–Crippen LogP) is 3.00. The number of carbonyl (C=O) groups excluding carboxylic acids is 1. The Kier molecular flexibility index (Phi) is 5.67. The van der Waals surface area contributed by atoms with Gasteiger partial charge in [-0.3, -0.25) is 4.79 Å². The Morgan fingerprint density at radius 1 is 1.04 bits per heavy atom. The highest BCUT2D eigenvalue weighted by atomic mass is 35.5. The molecule has 0 N–H and O–H groups in total. The fourth-order valence-electron chi connectivity index (χ4n) is 4.04. The van der Waals surface area contributed by atoms with Crippen LogP contribution in [0.2, 0.25) is 5.02 Å². The maximum atomic E-state index is 13.1. The molecule has 1 aromatic carbocycles. The number of benzene rings is 1. The van der Waals surface area contributed by atoms with Crippen LogP contribution in [0, 0.1) is 12.8 Å². The van der Waals surface area contributed by atoms with Crippen LogP contribution in [0.15, 0.2) is 36.5 Å². The first kappa shape index (κ1) is 19.0. The Hall–Kier alpha value is -2.34. The summed E-state index contributed by atoms with van der Waals surface area (Å²) in [6.45, 7) is 6.82. The minimum absolute atomic E-state index is 0.0277. The third kappa shape index (κ3) is 4.22. The number of piperidine rings is 1. The van der Waals surface area contributed by atoms with Gasteiger partial charge < -0.3 is 14.7 Å². The molecular formula is C21H26ClN5O. The van der Waals surface area contributed by atoms with Gasteiger partial charge in [-0.2, -0.15) is 0 Å². The van der Waals surface area contributed by atoms with E-state index in [2.05, 4.69) is 19.8 Å². The fourth-order valence-corrected chi connectivity index (χ4v) is 4.17. The second kappa shape index (κ2) is 8.35. The molecule has 4 rings (SSSR count). The highest BCUT2D eigenvalue weighted by Crippen LogP contribution is 2.24. The van der Waals surface area contributed by atoms with Crippen molar-refractivity contribution in [3.63, 3.8) is 0 Å². The van der Waals surface area contributed by atoms with E-state index in [-0.39, 0.29) is 11.8 Å². The minimum atomic E-state index is 0.0277. The molecule has 2 fully saturated rings. The first-order valence-corrected chi connectivity index (χ1v) is 10.3. The number of halogens is 1. The number of hydrogen-bond donors (Lipinski definition) is 0. The molecule has 2 aromatic rings. The van der Waals surface area contributed by atoms with Crippen LogP contribution in [-0.2, 0) is 4.79 Å². The highest BCUT2D eigenvalue weighted by molar-refractivity contribution is 6.30. The van der Waals surface area contributed by atoms with Crippen molar-refractivity contribution in [1.29, 1.82) is 0 Å². The van der Waals surface area contributed by atoms with Crippen LogP contribution in [0.5, 0.6) is 0 Å². The molecule has 148 valence electrons. The molecule has 0 saturated carbocycles. The van der Waals surface area contributed by atoms with E-state index in [4.69, 9.17) is 11.6 Å². The largest absolute Gasteiger partial charge is 0.368 e. The Morgan fingerprint density at radius 2 is 1.79 bits per heavy atom. The van der Waals surface area contributed by atoms with Crippen LogP contribution in [0.1, 0.15) is 18.5 Å². The van der Waals surface area contributed by atoms with Crippen LogP contribution >= 0.6 is 11.6 Å². The van der Waals surface area contributed by atoms with Gasteiger partial charge >= 0.3 is 0 Å². The van der Waals surface area contributed by atoms with Gasteiger partial charge in [0.1, 0.15) is 0 Å². The SMILES string of the molecule is Cc1ccnc(N2CCCC(C(=O)N3CCN(c4ccc(Cl)cc4)CC3)C2)n1. The second-order valence-corrected chi connectivity index (χ2v) is 8.01. The lowest BCUT2D eigenvalue weighted by Crippen LogP contribution is -2.52. The number of nitrogens with zero attached hydrogens (tertiary/aromatic N) is 5. The first-order chi connectivity index (χ1) is 13.6. The normalized spacial score (nSPS) is 20.4. The van der Waals surface area contributed by atoms with Crippen molar-refractivity contribution in [2.75, 3.05) is 49.1 Å². The molecule has 0 radical (unpaired) electrons. The summed E-state index contributed by atoms with van der Waals surface area (Å²) in [5.41, 5.74) is 2.12. The van der Waals surface area contributed by atoms with Crippen molar-refractivity contribution in [3.05, 3.63) is 47.2 Å². The summed E-state index contributed by atoms with van der Waals surface area (Å²) >= 11 is 5.98. The standard InChI is InChI=1S/C21H26ClN5O/c1-16-8-9-23-21(24-16)27-10-2-3-17(15-27)20(28)26-13-11-25(12-14-26)19-6-4-18(22)5-7-19/h4-9,17H,2-3,10-15H2,1H3. The van der Waals surface area contributed by atoms with E-state index in [0.29, 0.717) is 6.54 Å². The van der Waals surface area contributed by atoms with Crippen molar-refractivity contribution >= 4 is 29.1 Å². The fraction of sp³-hybridized carbons (Fsp3) is 0.476. The van der Waals surface area contributed by atoms with Crippen molar-refractivity contribution in [2.24, 2.45) is 5.92 Å². The number of carbonyl (C=O) groups is 1. The topological polar surface area (TPSA) is 52.6 Å². The van der Waals surface area contributed by atoms with Gasteiger partial charge in [-0.1, -0.05) is 11.6 Å². The number of aromatic nitrogens is 2. The number of anilines is 2. The van der Waals surface area contributed by atoms with Crippen molar-refractivity contribution in [1.82, 2.24) is 14.9 Å². The summed E-state index contributed by atoms with van der Waals surface area (Å²) in [6.07, 6.45) is 3.73. The Labute approximate surface area is 171 Å². The Bertz CT molecular complexity index is 820. The predicted molar refractivity (Wildman–Crippen MR) is 112 cm³/mol. The quantitative estimate of drug-likeness (QED) is 0.794. The maximum Gasteiger partial charge on any atom is 0.227 e. The molecule has 1 amide bonds. The van der Waals surface area contributed by atoms with E-state index >= 15 is 0 Å². The Morgan fingerprint density at radius 3 is 2.50 bits per heavy atom. The van der Waals surface area contributed by atoms with Gasteiger partial charge in [0.25, 0.3) is 0 Å². The average Bonchev–Trinajstić information content (AvgIpc) is 2.74. The van der Waals surface area contributed by atoms with Crippen LogP contribution in [-0.4, -0.2) is 60.0 Å². The molecule has 28 heavy (non-hydrogen) atoms. The highest BCUT2D eigenvalue weighted by Gasteiger charge is 2.31. The zero-order valence-electron chi connectivity index (χ0n) is 16.2. The van der Waals surface area contributed by atoms with Crippen LogP contribution < -0.4 is 9.80 Å². The summed E-state index contributed by atoms with van der Waals surface area (Å²) in [7, 11) is 0. The van der Waals surface area contributed by atoms with E-state index < -0.39 is 0 Å². The van der Waals surface area contributed by atoms with Gasteiger partial charge in [0, 0.05) is 61.9 Å². The van der Waals surface area contributed by atoms with Gasteiger partial charge in [-0.05, 0) is 50.1 Å². The monoisotopic (exact) mass is 399 g/mol. The average molecular weight is 400 g/mol. The summed E-state index contributed by atoms with van der Waals surface area (Å²) in [5.74, 6) is 1.04. The van der Waals surface area contributed by atoms with E-state index in [0.717, 1.165) is 67.9 Å². The van der Waals surface area contributed by atoms with E-state index in [1.54, 1.807) is 6.20 Å². The molecule has 0 aliphatic carbocycles.